The first-order valence-corrected chi connectivity index (χ1v) is 10.2. The van der Waals surface area contributed by atoms with E-state index in [0.717, 1.165) is 18.4 Å². The Balaban J connectivity index is 1.31. The SMILES string of the molecule is O=C(NCCc1ccccc1)C(=O)NCC1CCN(C(=O)/C=C/c2ccco2)CC1. The molecule has 2 aromatic rings. The highest BCUT2D eigenvalue weighted by Crippen LogP contribution is 2.17. The molecule has 1 fully saturated rings. The number of hydrogen-bond acceptors (Lipinski definition) is 4. The van der Waals surface area contributed by atoms with Gasteiger partial charge in [0.05, 0.1) is 6.26 Å². The molecule has 30 heavy (non-hydrogen) atoms. The van der Waals surface area contributed by atoms with Crippen molar-refractivity contribution < 1.29 is 18.8 Å². The minimum absolute atomic E-state index is 0.0494. The minimum Gasteiger partial charge on any atom is -0.465 e. The Morgan fingerprint density at radius 3 is 2.43 bits per heavy atom. The van der Waals surface area contributed by atoms with Gasteiger partial charge in [-0.2, -0.15) is 0 Å². The van der Waals surface area contributed by atoms with Crippen LogP contribution < -0.4 is 10.6 Å². The topological polar surface area (TPSA) is 91.7 Å². The zero-order valence-electron chi connectivity index (χ0n) is 16.9. The van der Waals surface area contributed by atoms with Crippen molar-refractivity contribution >= 4 is 23.8 Å². The summed E-state index contributed by atoms with van der Waals surface area (Å²) >= 11 is 0. The average molecular weight is 409 g/mol. The van der Waals surface area contributed by atoms with E-state index >= 15 is 0 Å². The lowest BCUT2D eigenvalue weighted by atomic mass is 9.96. The second kappa shape index (κ2) is 11.0. The number of benzene rings is 1. The van der Waals surface area contributed by atoms with E-state index in [0.29, 0.717) is 38.4 Å². The molecule has 1 aliphatic heterocycles. The maximum Gasteiger partial charge on any atom is 0.309 e. The van der Waals surface area contributed by atoms with E-state index in [1.165, 1.54) is 6.08 Å². The molecule has 0 unspecified atom stereocenters. The maximum atomic E-state index is 12.2. The van der Waals surface area contributed by atoms with Crippen molar-refractivity contribution in [2.75, 3.05) is 26.2 Å². The van der Waals surface area contributed by atoms with Crippen molar-refractivity contribution in [2.24, 2.45) is 5.92 Å². The molecule has 2 heterocycles. The minimum atomic E-state index is -0.610. The van der Waals surface area contributed by atoms with E-state index in [-0.39, 0.29) is 11.8 Å². The molecule has 1 saturated heterocycles. The summed E-state index contributed by atoms with van der Waals surface area (Å²) in [7, 11) is 0. The summed E-state index contributed by atoms with van der Waals surface area (Å²) in [6.45, 7) is 2.12. The molecule has 1 aromatic carbocycles. The number of hydrogen-bond donors (Lipinski definition) is 2. The molecular formula is C23H27N3O4. The standard InChI is InChI=1S/C23H27N3O4/c27-21(9-8-20-7-4-16-30-20)26-14-11-19(12-15-26)17-25-23(29)22(28)24-13-10-18-5-2-1-3-6-18/h1-9,16,19H,10-15,17H2,(H,24,28)(H,25,29)/b9-8+. The third-order valence-corrected chi connectivity index (χ3v) is 5.16. The van der Waals surface area contributed by atoms with Crippen LogP contribution >= 0.6 is 0 Å². The van der Waals surface area contributed by atoms with E-state index in [2.05, 4.69) is 10.6 Å². The third-order valence-electron chi connectivity index (χ3n) is 5.16. The average Bonchev–Trinajstić information content (AvgIpc) is 3.30. The fourth-order valence-corrected chi connectivity index (χ4v) is 3.37. The summed E-state index contributed by atoms with van der Waals surface area (Å²) in [4.78, 5) is 37.9. The van der Waals surface area contributed by atoms with E-state index in [1.54, 1.807) is 29.4 Å². The number of carbonyl (C=O) groups is 3. The largest absolute Gasteiger partial charge is 0.465 e. The highest BCUT2D eigenvalue weighted by atomic mass is 16.3. The van der Waals surface area contributed by atoms with Gasteiger partial charge in [0.15, 0.2) is 0 Å². The van der Waals surface area contributed by atoms with Crippen molar-refractivity contribution in [3.8, 4) is 0 Å². The molecule has 0 spiro atoms. The number of nitrogens with one attached hydrogen (secondary N) is 2. The molecule has 7 heteroatoms. The van der Waals surface area contributed by atoms with Crippen LogP contribution in [-0.2, 0) is 20.8 Å². The highest BCUT2D eigenvalue weighted by molar-refractivity contribution is 6.35. The molecule has 7 nitrogen and oxygen atoms in total. The Morgan fingerprint density at radius 1 is 1.00 bits per heavy atom. The first-order valence-electron chi connectivity index (χ1n) is 10.2. The van der Waals surface area contributed by atoms with Crippen LogP contribution in [0.5, 0.6) is 0 Å². The lowest BCUT2D eigenvalue weighted by Gasteiger charge is -2.31. The molecule has 0 saturated carbocycles. The van der Waals surface area contributed by atoms with Crippen LogP contribution in [0.15, 0.2) is 59.2 Å². The summed E-state index contributed by atoms with van der Waals surface area (Å²) in [6.07, 6.45) is 6.99. The van der Waals surface area contributed by atoms with Gasteiger partial charge in [-0.3, -0.25) is 14.4 Å². The molecule has 0 atom stereocenters. The highest BCUT2D eigenvalue weighted by Gasteiger charge is 2.23. The van der Waals surface area contributed by atoms with Crippen LogP contribution in [0.4, 0.5) is 0 Å². The predicted molar refractivity (Wildman–Crippen MR) is 113 cm³/mol. The molecule has 158 valence electrons. The lowest BCUT2D eigenvalue weighted by Crippen LogP contribution is -2.44. The van der Waals surface area contributed by atoms with Gasteiger partial charge in [0.25, 0.3) is 0 Å². The first-order chi connectivity index (χ1) is 14.6. The van der Waals surface area contributed by atoms with Gasteiger partial charge in [-0.1, -0.05) is 30.3 Å². The van der Waals surface area contributed by atoms with Gasteiger partial charge in [-0.15, -0.1) is 0 Å². The van der Waals surface area contributed by atoms with Gasteiger partial charge in [0.2, 0.25) is 5.91 Å². The van der Waals surface area contributed by atoms with Gasteiger partial charge in [0.1, 0.15) is 5.76 Å². The Labute approximate surface area is 176 Å². The van der Waals surface area contributed by atoms with Crippen LogP contribution in [0.2, 0.25) is 0 Å². The quantitative estimate of drug-likeness (QED) is 0.541. The van der Waals surface area contributed by atoms with Crippen LogP contribution in [0.25, 0.3) is 6.08 Å². The fraction of sp³-hybridized carbons (Fsp3) is 0.348. The molecule has 2 N–H and O–H groups in total. The van der Waals surface area contributed by atoms with E-state index in [9.17, 15) is 14.4 Å². The predicted octanol–water partition coefficient (Wildman–Crippen LogP) is 2.01. The van der Waals surface area contributed by atoms with Gasteiger partial charge in [-0.05, 0) is 49.0 Å². The van der Waals surface area contributed by atoms with Gasteiger partial charge in [0, 0.05) is 32.3 Å². The number of nitrogens with zero attached hydrogens (tertiary/aromatic N) is 1. The molecule has 1 aliphatic rings. The number of likely N-dealkylation sites (tertiary alicyclic amines) is 1. The second-order valence-corrected chi connectivity index (χ2v) is 7.32. The molecule has 3 rings (SSSR count). The first kappa shape index (κ1) is 21.4. The normalized spacial score (nSPS) is 14.6. The number of piperidine rings is 1. The smallest absolute Gasteiger partial charge is 0.309 e. The van der Waals surface area contributed by atoms with Crippen molar-refractivity contribution in [1.29, 1.82) is 0 Å². The van der Waals surface area contributed by atoms with Crippen LogP contribution in [0.1, 0.15) is 24.2 Å². The van der Waals surface area contributed by atoms with Crippen LogP contribution in [-0.4, -0.2) is 48.8 Å². The monoisotopic (exact) mass is 409 g/mol. The Morgan fingerprint density at radius 2 is 1.73 bits per heavy atom. The Kier molecular flexibility index (Phi) is 7.83. The van der Waals surface area contributed by atoms with Crippen molar-refractivity contribution in [1.82, 2.24) is 15.5 Å². The van der Waals surface area contributed by atoms with Gasteiger partial charge in [-0.25, -0.2) is 0 Å². The number of amides is 3. The summed E-state index contributed by atoms with van der Waals surface area (Å²) < 4.78 is 5.18. The summed E-state index contributed by atoms with van der Waals surface area (Å²) in [5.41, 5.74) is 1.11. The fourth-order valence-electron chi connectivity index (χ4n) is 3.37. The Hall–Kier alpha value is -3.35. The zero-order valence-corrected chi connectivity index (χ0v) is 16.9. The van der Waals surface area contributed by atoms with E-state index in [1.807, 2.05) is 30.3 Å². The summed E-state index contributed by atoms with van der Waals surface area (Å²) in [5.74, 6) is -0.372. The third kappa shape index (κ3) is 6.62. The lowest BCUT2D eigenvalue weighted by molar-refractivity contribution is -0.139. The molecule has 1 aromatic heterocycles. The Bertz CT molecular complexity index is 854. The summed E-state index contributed by atoms with van der Waals surface area (Å²) in [6, 6.07) is 13.3. The second-order valence-electron chi connectivity index (χ2n) is 7.32. The molecule has 0 radical (unpaired) electrons. The van der Waals surface area contributed by atoms with E-state index in [4.69, 9.17) is 4.42 Å². The number of carbonyl (C=O) groups excluding carboxylic acids is 3. The molecule has 0 aliphatic carbocycles. The molecular weight excluding hydrogens is 382 g/mol. The number of rotatable bonds is 7. The van der Waals surface area contributed by atoms with Crippen molar-refractivity contribution in [3.63, 3.8) is 0 Å². The van der Waals surface area contributed by atoms with E-state index < -0.39 is 11.8 Å². The molecule has 0 bridgehead atoms. The molecule has 3 amide bonds. The number of furan rings is 1. The summed E-state index contributed by atoms with van der Waals surface area (Å²) in [5, 5.41) is 5.35. The maximum absolute atomic E-state index is 12.2. The van der Waals surface area contributed by atoms with Gasteiger partial charge >= 0.3 is 11.8 Å². The van der Waals surface area contributed by atoms with Gasteiger partial charge < -0.3 is 20.0 Å². The van der Waals surface area contributed by atoms with Crippen molar-refractivity contribution in [3.05, 3.63) is 66.1 Å². The van der Waals surface area contributed by atoms with Crippen molar-refractivity contribution in [2.45, 2.75) is 19.3 Å². The van der Waals surface area contributed by atoms with Crippen LogP contribution in [0, 0.1) is 5.92 Å². The zero-order chi connectivity index (χ0) is 21.2. The van der Waals surface area contributed by atoms with Crippen LogP contribution in [0.3, 0.4) is 0 Å².